The van der Waals surface area contributed by atoms with E-state index < -0.39 is 6.29 Å². The molecule has 0 aromatic heterocycles. The molecule has 2 N–H and O–H groups in total. The molecule has 1 saturated heterocycles. The number of methoxy groups -OCH3 is 1. The van der Waals surface area contributed by atoms with Crippen molar-refractivity contribution in [2.45, 2.75) is 49.9 Å². The zero-order valence-corrected chi connectivity index (χ0v) is 24.1. The molecule has 4 aromatic rings. The Morgan fingerprint density at radius 3 is 2.41 bits per heavy atom. The van der Waals surface area contributed by atoms with E-state index in [1.54, 1.807) is 18.9 Å². The number of nitrogens with one attached hydrogen (secondary N) is 1. The summed E-state index contributed by atoms with van der Waals surface area (Å²) < 4.78 is 18.7. The van der Waals surface area contributed by atoms with E-state index in [1.807, 2.05) is 66.7 Å². The maximum absolute atomic E-state index is 11.4. The summed E-state index contributed by atoms with van der Waals surface area (Å²) in [5.74, 6) is 1.55. The minimum Gasteiger partial charge on any atom is -0.496 e. The lowest BCUT2D eigenvalue weighted by molar-refractivity contribution is -0.245. The average molecular weight is 570 g/mol. The summed E-state index contributed by atoms with van der Waals surface area (Å²) in [7, 11) is 1.69. The first kappa shape index (κ1) is 28.9. The molecule has 0 bridgehead atoms. The van der Waals surface area contributed by atoms with Gasteiger partial charge < -0.3 is 24.6 Å². The summed E-state index contributed by atoms with van der Waals surface area (Å²) in [6, 6.07) is 32.4. The zero-order chi connectivity index (χ0) is 28.6. The van der Waals surface area contributed by atoms with E-state index in [4.69, 9.17) is 14.2 Å². The number of para-hydroxylation sites is 1. The molecule has 41 heavy (non-hydrogen) atoms. The van der Waals surface area contributed by atoms with E-state index >= 15 is 0 Å². The Balaban J connectivity index is 1.39. The van der Waals surface area contributed by atoms with Gasteiger partial charge in [-0.05, 0) is 52.1 Å². The predicted molar refractivity (Wildman–Crippen MR) is 162 cm³/mol. The van der Waals surface area contributed by atoms with Crippen LogP contribution < -0.4 is 10.1 Å². The van der Waals surface area contributed by atoms with Crippen LogP contribution in [0.15, 0.2) is 102 Å². The van der Waals surface area contributed by atoms with Crippen LogP contribution >= 0.6 is 11.8 Å². The van der Waals surface area contributed by atoms with E-state index in [2.05, 4.69) is 35.6 Å². The van der Waals surface area contributed by atoms with E-state index in [0.29, 0.717) is 13.0 Å². The largest absolute Gasteiger partial charge is 0.496 e. The molecule has 6 nitrogen and oxygen atoms in total. The minimum absolute atomic E-state index is 0.00845. The van der Waals surface area contributed by atoms with Crippen molar-refractivity contribution < 1.29 is 24.1 Å². The second-order valence-electron chi connectivity index (χ2n) is 10.0. The Labute approximate surface area is 245 Å². The van der Waals surface area contributed by atoms with Crippen molar-refractivity contribution in [2.24, 2.45) is 0 Å². The maximum Gasteiger partial charge on any atom is 0.217 e. The van der Waals surface area contributed by atoms with Crippen LogP contribution in [-0.2, 0) is 27.4 Å². The molecule has 3 unspecified atom stereocenters. The lowest BCUT2D eigenvalue weighted by atomic mass is 9.99. The molecule has 1 aliphatic heterocycles. The molecule has 1 heterocycles. The molecular weight excluding hydrogens is 534 g/mol. The van der Waals surface area contributed by atoms with Gasteiger partial charge in [0.25, 0.3) is 0 Å². The molecule has 0 saturated carbocycles. The number of amides is 1. The topological polar surface area (TPSA) is 77.0 Å². The van der Waals surface area contributed by atoms with Crippen LogP contribution in [0.4, 0.5) is 0 Å². The molecule has 7 heteroatoms. The summed E-state index contributed by atoms with van der Waals surface area (Å²) in [6.45, 7) is 2.02. The summed E-state index contributed by atoms with van der Waals surface area (Å²) in [5, 5.41) is 12.4. The van der Waals surface area contributed by atoms with Crippen LogP contribution in [0.25, 0.3) is 11.1 Å². The number of hydrogen-bond acceptors (Lipinski definition) is 6. The second kappa shape index (κ2) is 13.8. The van der Waals surface area contributed by atoms with E-state index in [0.717, 1.165) is 49.8 Å². The van der Waals surface area contributed by atoms with Crippen LogP contribution in [0.3, 0.4) is 0 Å². The molecule has 0 spiro atoms. The fraction of sp³-hybridized carbons (Fsp3) is 0.265. The van der Waals surface area contributed by atoms with E-state index in [9.17, 15) is 9.90 Å². The highest BCUT2D eigenvalue weighted by molar-refractivity contribution is 7.99. The summed E-state index contributed by atoms with van der Waals surface area (Å²) in [4.78, 5) is 12.5. The number of thioether (sulfide) groups is 1. The first-order chi connectivity index (χ1) is 20.0. The monoisotopic (exact) mass is 569 g/mol. The van der Waals surface area contributed by atoms with Crippen molar-refractivity contribution in [3.8, 4) is 16.9 Å². The Hall–Kier alpha value is -3.62. The third kappa shape index (κ3) is 7.57. The van der Waals surface area contributed by atoms with Gasteiger partial charge in [-0.3, -0.25) is 4.79 Å². The van der Waals surface area contributed by atoms with Crippen molar-refractivity contribution in [3.05, 3.63) is 119 Å². The Morgan fingerprint density at radius 2 is 1.66 bits per heavy atom. The zero-order valence-electron chi connectivity index (χ0n) is 23.3. The van der Waals surface area contributed by atoms with Gasteiger partial charge in [0.2, 0.25) is 5.91 Å². The summed E-state index contributed by atoms with van der Waals surface area (Å²) in [6.07, 6.45) is -0.0515. The Bertz CT molecular complexity index is 1460. The highest BCUT2D eigenvalue weighted by Gasteiger charge is 2.32. The third-order valence-corrected chi connectivity index (χ3v) is 8.26. The quantitative estimate of drug-likeness (QED) is 0.204. The van der Waals surface area contributed by atoms with Crippen molar-refractivity contribution >= 4 is 17.7 Å². The first-order valence-corrected chi connectivity index (χ1v) is 14.7. The average Bonchev–Trinajstić information content (AvgIpc) is 3.03. The van der Waals surface area contributed by atoms with Crippen LogP contribution in [0.2, 0.25) is 0 Å². The molecule has 1 amide bonds. The molecule has 4 aromatic carbocycles. The van der Waals surface area contributed by atoms with Gasteiger partial charge in [0.15, 0.2) is 6.29 Å². The smallest absolute Gasteiger partial charge is 0.217 e. The second-order valence-corrected chi connectivity index (χ2v) is 11.1. The van der Waals surface area contributed by atoms with Crippen molar-refractivity contribution in [2.75, 3.05) is 12.9 Å². The van der Waals surface area contributed by atoms with Crippen LogP contribution in [0.5, 0.6) is 5.75 Å². The fourth-order valence-electron chi connectivity index (χ4n) is 4.90. The van der Waals surface area contributed by atoms with Gasteiger partial charge in [-0.15, -0.1) is 11.8 Å². The number of aliphatic hydroxyl groups excluding tert-OH is 1. The van der Waals surface area contributed by atoms with E-state index in [1.165, 1.54) is 6.92 Å². The molecule has 212 valence electrons. The van der Waals surface area contributed by atoms with Gasteiger partial charge in [0.05, 0.1) is 25.9 Å². The van der Waals surface area contributed by atoms with E-state index in [-0.39, 0.29) is 24.7 Å². The third-order valence-electron chi connectivity index (χ3n) is 7.07. The molecule has 5 rings (SSSR count). The number of carbonyl (C=O) groups is 1. The lowest BCUT2D eigenvalue weighted by Crippen LogP contribution is -2.31. The predicted octanol–water partition coefficient (Wildman–Crippen LogP) is 6.83. The summed E-state index contributed by atoms with van der Waals surface area (Å²) in [5.41, 5.74) is 6.02. The molecule has 0 aliphatic carbocycles. The van der Waals surface area contributed by atoms with Crippen molar-refractivity contribution in [3.63, 3.8) is 0 Å². The molecule has 3 atom stereocenters. The van der Waals surface area contributed by atoms with Crippen LogP contribution in [0.1, 0.15) is 48.0 Å². The van der Waals surface area contributed by atoms with Crippen molar-refractivity contribution in [1.29, 1.82) is 0 Å². The van der Waals surface area contributed by atoms with Gasteiger partial charge in [0, 0.05) is 36.1 Å². The lowest BCUT2D eigenvalue weighted by Gasteiger charge is -2.36. The Morgan fingerprint density at radius 1 is 0.902 bits per heavy atom. The Kier molecular flexibility index (Phi) is 9.75. The van der Waals surface area contributed by atoms with Gasteiger partial charge in [-0.1, -0.05) is 72.8 Å². The van der Waals surface area contributed by atoms with Gasteiger partial charge in [-0.25, -0.2) is 0 Å². The number of hydrogen-bond donors (Lipinski definition) is 2. The highest BCUT2D eigenvalue weighted by atomic mass is 32.2. The molecule has 0 radical (unpaired) electrons. The SMILES string of the molecule is COc1ccccc1SCC1CC(c2ccc(CO)cc2)OC(c2cccc(-c3cccc(CNC(C)=O)c3)c2)O1. The minimum atomic E-state index is -0.544. The van der Waals surface area contributed by atoms with Gasteiger partial charge in [0.1, 0.15) is 5.75 Å². The number of carbonyl (C=O) groups excluding carboxylic acids is 1. The number of benzene rings is 4. The number of rotatable bonds is 10. The molecule has 1 aliphatic rings. The fourth-order valence-corrected chi connectivity index (χ4v) is 5.94. The normalized spacial score (nSPS) is 18.6. The number of aliphatic hydroxyl groups is 1. The summed E-state index contributed by atoms with van der Waals surface area (Å²) >= 11 is 1.72. The highest BCUT2D eigenvalue weighted by Crippen LogP contribution is 2.41. The molecule has 1 fully saturated rings. The number of ether oxygens (including phenoxy) is 3. The van der Waals surface area contributed by atoms with Gasteiger partial charge in [-0.2, -0.15) is 0 Å². The van der Waals surface area contributed by atoms with Crippen LogP contribution in [0, 0.1) is 0 Å². The first-order valence-electron chi connectivity index (χ1n) is 13.7. The van der Waals surface area contributed by atoms with Crippen LogP contribution in [-0.4, -0.2) is 30.0 Å². The van der Waals surface area contributed by atoms with Gasteiger partial charge >= 0.3 is 0 Å². The van der Waals surface area contributed by atoms with Crippen molar-refractivity contribution in [1.82, 2.24) is 5.32 Å². The standard InChI is InChI=1S/C34H35NO5S/c1-23(37)35-20-25-7-5-8-27(17-25)28-9-6-10-29(18-28)34-39-30(22-41-33-12-4-3-11-31(33)38-2)19-32(40-34)26-15-13-24(21-36)14-16-26/h3-18,30,32,34,36H,19-22H2,1-2H3,(H,35,37). The maximum atomic E-state index is 11.4. The molecular formula is C34H35NO5S.